The van der Waals surface area contributed by atoms with Crippen LogP contribution >= 0.6 is 0 Å². The quantitative estimate of drug-likeness (QED) is 0.856. The van der Waals surface area contributed by atoms with Crippen LogP contribution in [0.5, 0.6) is 0 Å². The number of nitrogens with one attached hydrogen (secondary N) is 1. The molecule has 112 valence electrons. The molecule has 4 heteroatoms. The van der Waals surface area contributed by atoms with Gasteiger partial charge in [0, 0.05) is 24.7 Å². The van der Waals surface area contributed by atoms with Gasteiger partial charge in [0.15, 0.2) is 0 Å². The van der Waals surface area contributed by atoms with E-state index in [1.165, 1.54) is 0 Å². The van der Waals surface area contributed by atoms with E-state index >= 15 is 0 Å². The van der Waals surface area contributed by atoms with Gasteiger partial charge >= 0.3 is 6.09 Å². The lowest BCUT2D eigenvalue weighted by atomic mass is 9.97. The Morgan fingerprint density at radius 1 is 1.47 bits per heavy atom. The van der Waals surface area contributed by atoms with Crippen molar-refractivity contribution in [2.24, 2.45) is 0 Å². The van der Waals surface area contributed by atoms with Crippen molar-refractivity contribution in [1.82, 2.24) is 10.2 Å². The Hall–Kier alpha value is -0.770. The number of ether oxygens (including phenoxy) is 1. The summed E-state index contributed by atoms with van der Waals surface area (Å²) in [4.78, 5) is 14.0. The molecule has 0 radical (unpaired) electrons. The molecule has 0 aromatic rings. The van der Waals surface area contributed by atoms with E-state index in [4.69, 9.17) is 4.74 Å². The third-order valence-corrected chi connectivity index (χ3v) is 3.64. The molecule has 1 heterocycles. The summed E-state index contributed by atoms with van der Waals surface area (Å²) in [7, 11) is 0. The molecule has 1 saturated heterocycles. The minimum absolute atomic E-state index is 0.179. The highest BCUT2D eigenvalue weighted by molar-refractivity contribution is 5.68. The van der Waals surface area contributed by atoms with Crippen LogP contribution in [0.2, 0.25) is 0 Å². The van der Waals surface area contributed by atoms with Gasteiger partial charge in [0.1, 0.15) is 5.60 Å². The summed E-state index contributed by atoms with van der Waals surface area (Å²) in [6, 6.07) is 1.30. The van der Waals surface area contributed by atoms with E-state index in [0.29, 0.717) is 12.1 Å². The zero-order valence-corrected chi connectivity index (χ0v) is 13.3. The number of carbonyl (C=O) groups is 1. The van der Waals surface area contributed by atoms with Crippen molar-refractivity contribution in [2.75, 3.05) is 6.54 Å². The highest BCUT2D eigenvalue weighted by atomic mass is 16.6. The van der Waals surface area contributed by atoms with Gasteiger partial charge in [0.2, 0.25) is 0 Å². The summed E-state index contributed by atoms with van der Waals surface area (Å²) in [6.07, 6.45) is 2.97. The lowest BCUT2D eigenvalue weighted by Crippen LogP contribution is -2.52. The smallest absolute Gasteiger partial charge is 0.410 e. The van der Waals surface area contributed by atoms with Crippen LogP contribution in [0.4, 0.5) is 4.79 Å². The summed E-state index contributed by atoms with van der Waals surface area (Å²) in [5, 5.41) is 3.63. The molecule has 1 N–H and O–H groups in total. The second kappa shape index (κ2) is 6.60. The van der Waals surface area contributed by atoms with Crippen molar-refractivity contribution in [3.05, 3.63) is 0 Å². The zero-order valence-electron chi connectivity index (χ0n) is 13.3. The highest BCUT2D eigenvalue weighted by Crippen LogP contribution is 2.21. The number of hydrogen-bond acceptors (Lipinski definition) is 3. The molecule has 4 nitrogen and oxygen atoms in total. The first-order chi connectivity index (χ1) is 8.73. The van der Waals surface area contributed by atoms with Gasteiger partial charge in [-0.1, -0.05) is 6.92 Å². The summed E-state index contributed by atoms with van der Waals surface area (Å²) < 4.78 is 5.45. The van der Waals surface area contributed by atoms with Crippen molar-refractivity contribution in [3.8, 4) is 0 Å². The van der Waals surface area contributed by atoms with E-state index in [2.05, 4.69) is 26.1 Å². The molecule has 1 rings (SSSR count). The molecular weight excluding hydrogens is 240 g/mol. The van der Waals surface area contributed by atoms with E-state index in [1.54, 1.807) is 0 Å². The van der Waals surface area contributed by atoms with Gasteiger partial charge in [-0.2, -0.15) is 0 Å². The second-order valence-corrected chi connectivity index (χ2v) is 6.72. The minimum atomic E-state index is -0.414. The Balaban J connectivity index is 2.48. The lowest BCUT2D eigenvalue weighted by molar-refractivity contribution is 0.00906. The van der Waals surface area contributed by atoms with Crippen LogP contribution in [0.3, 0.4) is 0 Å². The third kappa shape index (κ3) is 5.39. The largest absolute Gasteiger partial charge is 0.444 e. The SMILES string of the molecule is CCC(C)NC1CCN(C(=O)OC(C)(C)C)C(C)C1. The first-order valence-electron chi connectivity index (χ1n) is 7.48. The van der Waals surface area contributed by atoms with E-state index < -0.39 is 5.60 Å². The van der Waals surface area contributed by atoms with Gasteiger partial charge in [-0.3, -0.25) is 0 Å². The molecule has 0 aliphatic carbocycles. The fourth-order valence-electron chi connectivity index (χ4n) is 2.44. The lowest BCUT2D eigenvalue weighted by Gasteiger charge is -2.39. The van der Waals surface area contributed by atoms with Gasteiger partial charge in [0.05, 0.1) is 0 Å². The third-order valence-electron chi connectivity index (χ3n) is 3.64. The molecule has 3 atom stereocenters. The first kappa shape index (κ1) is 16.3. The Bertz CT molecular complexity index is 299. The highest BCUT2D eigenvalue weighted by Gasteiger charge is 2.31. The average molecular weight is 270 g/mol. The van der Waals surface area contributed by atoms with E-state index in [-0.39, 0.29) is 12.1 Å². The summed E-state index contributed by atoms with van der Waals surface area (Å²) in [5.41, 5.74) is -0.414. The van der Waals surface area contributed by atoms with Gasteiger partial charge in [-0.15, -0.1) is 0 Å². The van der Waals surface area contributed by atoms with E-state index in [1.807, 2.05) is 25.7 Å². The van der Waals surface area contributed by atoms with Crippen molar-refractivity contribution in [2.45, 2.75) is 84.5 Å². The molecule has 3 unspecified atom stereocenters. The van der Waals surface area contributed by atoms with Gasteiger partial charge in [-0.25, -0.2) is 4.79 Å². The molecule has 1 aliphatic rings. The number of nitrogens with zero attached hydrogens (tertiary/aromatic N) is 1. The van der Waals surface area contributed by atoms with Crippen molar-refractivity contribution < 1.29 is 9.53 Å². The average Bonchev–Trinajstić information content (AvgIpc) is 2.26. The second-order valence-electron chi connectivity index (χ2n) is 6.72. The van der Waals surface area contributed by atoms with Crippen LogP contribution in [-0.4, -0.2) is 41.3 Å². The summed E-state index contributed by atoms with van der Waals surface area (Å²) in [5.74, 6) is 0. The number of piperidine rings is 1. The van der Waals surface area contributed by atoms with Crippen LogP contribution < -0.4 is 5.32 Å². The molecule has 1 amide bonds. The maximum Gasteiger partial charge on any atom is 0.410 e. The number of rotatable bonds is 3. The number of hydrogen-bond donors (Lipinski definition) is 1. The van der Waals surface area contributed by atoms with Crippen LogP contribution in [0.15, 0.2) is 0 Å². The Morgan fingerprint density at radius 2 is 2.11 bits per heavy atom. The topological polar surface area (TPSA) is 41.6 Å². The molecule has 0 saturated carbocycles. The van der Waals surface area contributed by atoms with Gasteiger partial charge in [-0.05, 0) is 53.9 Å². The van der Waals surface area contributed by atoms with Crippen LogP contribution in [0, 0.1) is 0 Å². The predicted octanol–water partition coefficient (Wildman–Crippen LogP) is 3.16. The molecule has 1 fully saturated rings. The van der Waals surface area contributed by atoms with E-state index in [9.17, 15) is 4.79 Å². The monoisotopic (exact) mass is 270 g/mol. The predicted molar refractivity (Wildman–Crippen MR) is 78.3 cm³/mol. The normalized spacial score (nSPS) is 26.1. The molecule has 0 bridgehead atoms. The molecule has 1 aliphatic heterocycles. The molecular formula is C15H30N2O2. The summed E-state index contributed by atoms with van der Waals surface area (Å²) in [6.45, 7) is 13.0. The molecule has 0 aromatic carbocycles. The van der Waals surface area contributed by atoms with Crippen molar-refractivity contribution >= 4 is 6.09 Å². The number of amides is 1. The zero-order chi connectivity index (χ0) is 14.6. The van der Waals surface area contributed by atoms with E-state index in [0.717, 1.165) is 25.8 Å². The summed E-state index contributed by atoms with van der Waals surface area (Å²) >= 11 is 0. The fraction of sp³-hybridized carbons (Fsp3) is 0.933. The van der Waals surface area contributed by atoms with Crippen molar-refractivity contribution in [1.29, 1.82) is 0 Å². The number of carbonyl (C=O) groups excluding carboxylic acids is 1. The molecule has 0 aromatic heterocycles. The molecule has 0 spiro atoms. The minimum Gasteiger partial charge on any atom is -0.444 e. The Morgan fingerprint density at radius 3 is 2.58 bits per heavy atom. The maximum atomic E-state index is 12.1. The van der Waals surface area contributed by atoms with Crippen LogP contribution in [0.1, 0.15) is 60.8 Å². The van der Waals surface area contributed by atoms with Crippen LogP contribution in [0.25, 0.3) is 0 Å². The molecule has 19 heavy (non-hydrogen) atoms. The Labute approximate surface area is 117 Å². The number of likely N-dealkylation sites (tertiary alicyclic amines) is 1. The standard InChI is InChI=1S/C15H30N2O2/c1-7-11(2)16-13-8-9-17(12(3)10-13)14(18)19-15(4,5)6/h11-13,16H,7-10H2,1-6H3. The maximum absolute atomic E-state index is 12.1. The van der Waals surface area contributed by atoms with Crippen LogP contribution in [-0.2, 0) is 4.74 Å². The Kier molecular flexibility index (Phi) is 5.65. The van der Waals surface area contributed by atoms with Gasteiger partial charge in [0.25, 0.3) is 0 Å². The first-order valence-corrected chi connectivity index (χ1v) is 7.48. The fourth-order valence-corrected chi connectivity index (χ4v) is 2.44. The van der Waals surface area contributed by atoms with Crippen molar-refractivity contribution in [3.63, 3.8) is 0 Å². The van der Waals surface area contributed by atoms with Gasteiger partial charge < -0.3 is 15.0 Å².